The second-order valence-corrected chi connectivity index (χ2v) is 4.96. The molecular formula is C13H19N7. The molecule has 0 spiro atoms. The van der Waals surface area contributed by atoms with Crippen molar-refractivity contribution in [2.24, 2.45) is 5.73 Å². The highest BCUT2D eigenvalue weighted by molar-refractivity contribution is 5.78. The summed E-state index contributed by atoms with van der Waals surface area (Å²) in [4.78, 5) is 4.68. The predicted octanol–water partition coefficient (Wildman–Crippen LogP) is -0.00630. The Balaban J connectivity index is 2.05. The molecule has 2 aromatic heterocycles. The molecule has 0 unspecified atom stereocenters. The first-order valence-electron chi connectivity index (χ1n) is 6.69. The van der Waals surface area contributed by atoms with Crippen molar-refractivity contribution in [3.63, 3.8) is 0 Å². The zero-order chi connectivity index (χ0) is 14.1. The van der Waals surface area contributed by atoms with Crippen molar-refractivity contribution in [3.8, 4) is 0 Å². The van der Waals surface area contributed by atoms with Crippen LogP contribution in [0, 0.1) is 0 Å². The number of hydrogen-bond acceptors (Lipinski definition) is 6. The number of rotatable bonds is 4. The van der Waals surface area contributed by atoms with E-state index in [9.17, 15) is 0 Å². The third-order valence-electron chi connectivity index (χ3n) is 3.40. The molecule has 0 fully saturated rings. The molecule has 5 N–H and O–H groups in total. The molecule has 7 heteroatoms. The Morgan fingerprint density at radius 3 is 3.00 bits per heavy atom. The van der Waals surface area contributed by atoms with E-state index in [2.05, 4.69) is 15.5 Å². The molecule has 1 aliphatic rings. The van der Waals surface area contributed by atoms with Gasteiger partial charge in [-0.15, -0.1) is 0 Å². The summed E-state index contributed by atoms with van der Waals surface area (Å²) < 4.78 is 1.68. The maximum Gasteiger partial charge on any atom is 0.165 e. The van der Waals surface area contributed by atoms with Gasteiger partial charge in [0.1, 0.15) is 5.82 Å². The highest BCUT2D eigenvalue weighted by Gasteiger charge is 2.17. The van der Waals surface area contributed by atoms with Crippen LogP contribution in [-0.4, -0.2) is 39.7 Å². The van der Waals surface area contributed by atoms with Crippen LogP contribution in [0.25, 0.3) is 11.2 Å². The lowest BCUT2D eigenvalue weighted by Crippen LogP contribution is -2.23. The Labute approximate surface area is 117 Å². The van der Waals surface area contributed by atoms with Crippen LogP contribution in [0.1, 0.15) is 17.7 Å². The van der Waals surface area contributed by atoms with Crippen molar-refractivity contribution in [3.05, 3.63) is 29.7 Å². The normalized spacial score (nSPS) is 15.1. The van der Waals surface area contributed by atoms with Gasteiger partial charge in [0.2, 0.25) is 0 Å². The molecule has 0 saturated carbocycles. The van der Waals surface area contributed by atoms with E-state index in [1.807, 2.05) is 30.5 Å². The van der Waals surface area contributed by atoms with Crippen molar-refractivity contribution in [1.82, 2.24) is 25.0 Å². The van der Waals surface area contributed by atoms with Crippen LogP contribution in [0.3, 0.4) is 0 Å². The van der Waals surface area contributed by atoms with Gasteiger partial charge in [0, 0.05) is 37.1 Å². The molecular weight excluding hydrogens is 254 g/mol. The molecule has 1 aliphatic heterocycles. The molecule has 0 aliphatic carbocycles. The number of aromatic nitrogens is 3. The van der Waals surface area contributed by atoms with Crippen LogP contribution in [0.5, 0.6) is 0 Å². The second-order valence-electron chi connectivity index (χ2n) is 4.96. The number of nitrogens with zero attached hydrogens (tertiary/aromatic N) is 4. The standard InChI is InChI=1S/C13H19N7/c1-19-8-9(6-16-19)11-7-17-20-12(15)5-10(3-2-4-14)18-13(11)20/h5,7-8,16H,2-4,6,14-15H2,1H3. The van der Waals surface area contributed by atoms with Gasteiger partial charge in [0.05, 0.1) is 6.20 Å². The average Bonchev–Trinajstić information content (AvgIpc) is 3.02. The fourth-order valence-corrected chi connectivity index (χ4v) is 2.38. The summed E-state index contributed by atoms with van der Waals surface area (Å²) in [7, 11) is 1.97. The van der Waals surface area contributed by atoms with Gasteiger partial charge in [0.25, 0.3) is 0 Å². The second kappa shape index (κ2) is 5.10. The van der Waals surface area contributed by atoms with Gasteiger partial charge in [-0.05, 0) is 25.0 Å². The maximum absolute atomic E-state index is 6.05. The predicted molar refractivity (Wildman–Crippen MR) is 78.5 cm³/mol. The summed E-state index contributed by atoms with van der Waals surface area (Å²) in [6.07, 6.45) is 5.59. The van der Waals surface area contributed by atoms with Crippen LogP contribution in [0.4, 0.5) is 5.82 Å². The first-order chi connectivity index (χ1) is 9.69. The molecule has 0 aromatic carbocycles. The van der Waals surface area contributed by atoms with E-state index in [0.717, 1.165) is 41.9 Å². The SMILES string of the molecule is CN1C=C(c2cnn3c(N)cc(CCCN)nc23)CN1. The van der Waals surface area contributed by atoms with Gasteiger partial charge >= 0.3 is 0 Å². The minimum atomic E-state index is 0.605. The number of nitrogen functional groups attached to an aromatic ring is 1. The zero-order valence-electron chi connectivity index (χ0n) is 11.5. The number of fused-ring (bicyclic) bond motifs is 1. The minimum Gasteiger partial charge on any atom is -0.384 e. The van der Waals surface area contributed by atoms with Crippen LogP contribution in [-0.2, 0) is 6.42 Å². The fraction of sp³-hybridized carbons (Fsp3) is 0.385. The van der Waals surface area contributed by atoms with Crippen molar-refractivity contribution in [2.45, 2.75) is 12.8 Å². The largest absolute Gasteiger partial charge is 0.384 e. The van der Waals surface area contributed by atoms with Crippen molar-refractivity contribution >= 4 is 17.0 Å². The third-order valence-corrected chi connectivity index (χ3v) is 3.40. The lowest BCUT2D eigenvalue weighted by atomic mass is 10.1. The van der Waals surface area contributed by atoms with E-state index >= 15 is 0 Å². The van der Waals surface area contributed by atoms with Gasteiger partial charge in [-0.1, -0.05) is 0 Å². The Morgan fingerprint density at radius 1 is 1.45 bits per heavy atom. The molecule has 0 amide bonds. The molecule has 3 rings (SSSR count). The number of nitrogens with two attached hydrogens (primary N) is 2. The first kappa shape index (κ1) is 12.9. The Kier molecular flexibility index (Phi) is 3.29. The van der Waals surface area contributed by atoms with Gasteiger partial charge in [-0.3, -0.25) is 0 Å². The van der Waals surface area contributed by atoms with Crippen molar-refractivity contribution < 1.29 is 0 Å². The topological polar surface area (TPSA) is 97.5 Å². The number of hydrazine groups is 1. The molecule has 0 saturated heterocycles. The van der Waals surface area contributed by atoms with Gasteiger partial charge in [-0.25, -0.2) is 10.4 Å². The van der Waals surface area contributed by atoms with E-state index in [1.54, 1.807) is 4.52 Å². The summed E-state index contributed by atoms with van der Waals surface area (Å²) >= 11 is 0. The number of anilines is 1. The third kappa shape index (κ3) is 2.21. The molecule has 0 radical (unpaired) electrons. The maximum atomic E-state index is 6.05. The monoisotopic (exact) mass is 273 g/mol. The molecule has 2 aromatic rings. The van der Waals surface area contributed by atoms with Crippen LogP contribution < -0.4 is 16.9 Å². The van der Waals surface area contributed by atoms with Crippen molar-refractivity contribution in [2.75, 3.05) is 25.9 Å². The molecule has 20 heavy (non-hydrogen) atoms. The minimum absolute atomic E-state index is 0.605. The fourth-order valence-electron chi connectivity index (χ4n) is 2.38. The number of nitrogens with one attached hydrogen (secondary N) is 1. The van der Waals surface area contributed by atoms with E-state index < -0.39 is 0 Å². The van der Waals surface area contributed by atoms with E-state index in [4.69, 9.17) is 11.5 Å². The summed E-state index contributed by atoms with van der Waals surface area (Å²) in [5.74, 6) is 0.605. The Bertz CT molecular complexity index is 658. The average molecular weight is 273 g/mol. The van der Waals surface area contributed by atoms with Gasteiger partial charge < -0.3 is 16.5 Å². The van der Waals surface area contributed by atoms with E-state index in [0.29, 0.717) is 12.4 Å². The summed E-state index contributed by atoms with van der Waals surface area (Å²) in [5, 5.41) is 6.26. The summed E-state index contributed by atoms with van der Waals surface area (Å²) in [6, 6.07) is 1.87. The number of aryl methyl sites for hydroxylation is 1. The highest BCUT2D eigenvalue weighted by Crippen LogP contribution is 2.23. The van der Waals surface area contributed by atoms with Crippen LogP contribution in [0.2, 0.25) is 0 Å². The molecule has 0 atom stereocenters. The highest BCUT2D eigenvalue weighted by atomic mass is 15.5. The summed E-state index contributed by atoms with van der Waals surface area (Å²) in [6.45, 7) is 1.42. The molecule has 106 valence electrons. The summed E-state index contributed by atoms with van der Waals surface area (Å²) in [5.41, 5.74) is 18.8. The number of hydrogen-bond donors (Lipinski definition) is 3. The lowest BCUT2D eigenvalue weighted by molar-refractivity contribution is 0.374. The van der Waals surface area contributed by atoms with Crippen LogP contribution in [0.15, 0.2) is 18.5 Å². The van der Waals surface area contributed by atoms with Crippen LogP contribution >= 0.6 is 0 Å². The quantitative estimate of drug-likeness (QED) is 0.725. The van der Waals surface area contributed by atoms with E-state index in [1.165, 1.54) is 0 Å². The van der Waals surface area contributed by atoms with Gasteiger partial charge in [-0.2, -0.15) is 9.61 Å². The zero-order valence-corrected chi connectivity index (χ0v) is 11.5. The van der Waals surface area contributed by atoms with Crippen molar-refractivity contribution in [1.29, 1.82) is 0 Å². The molecule has 3 heterocycles. The first-order valence-corrected chi connectivity index (χ1v) is 6.69. The Hall–Kier alpha value is -2.12. The molecule has 0 bridgehead atoms. The van der Waals surface area contributed by atoms with E-state index in [-0.39, 0.29) is 0 Å². The van der Waals surface area contributed by atoms with Gasteiger partial charge in [0.15, 0.2) is 5.65 Å². The Morgan fingerprint density at radius 2 is 2.30 bits per heavy atom. The molecule has 7 nitrogen and oxygen atoms in total. The lowest BCUT2D eigenvalue weighted by Gasteiger charge is -2.05. The smallest absolute Gasteiger partial charge is 0.165 e.